The highest BCUT2D eigenvalue weighted by molar-refractivity contribution is 5.71. The Morgan fingerprint density at radius 3 is 2.53 bits per heavy atom. The van der Waals surface area contributed by atoms with Crippen LogP contribution in [0, 0.1) is 5.92 Å². The molecule has 94 valence electrons. The highest BCUT2D eigenvalue weighted by atomic mass is 19.4. The molecule has 2 nitrogen and oxygen atoms in total. The quantitative estimate of drug-likeness (QED) is 0.729. The summed E-state index contributed by atoms with van der Waals surface area (Å²) in [4.78, 5) is 0. The van der Waals surface area contributed by atoms with E-state index in [1.165, 1.54) is 6.07 Å². The summed E-state index contributed by atoms with van der Waals surface area (Å²) in [7, 11) is 0. The van der Waals surface area contributed by atoms with Gasteiger partial charge in [0.25, 0.3) is 0 Å². The van der Waals surface area contributed by atoms with Crippen LogP contribution in [-0.4, -0.2) is 12.6 Å². The Bertz CT molecular complexity index is 415. The molecule has 1 heterocycles. The first-order valence-electron chi connectivity index (χ1n) is 5.59. The second-order valence-corrected chi connectivity index (χ2v) is 4.55. The van der Waals surface area contributed by atoms with Gasteiger partial charge in [0.05, 0.1) is 16.9 Å². The van der Waals surface area contributed by atoms with Crippen LogP contribution in [0.4, 0.5) is 24.5 Å². The van der Waals surface area contributed by atoms with E-state index in [4.69, 9.17) is 0 Å². The van der Waals surface area contributed by atoms with Gasteiger partial charge in [-0.3, -0.25) is 0 Å². The van der Waals surface area contributed by atoms with Gasteiger partial charge in [0.1, 0.15) is 0 Å². The van der Waals surface area contributed by atoms with Gasteiger partial charge in [0.2, 0.25) is 0 Å². The second-order valence-electron chi connectivity index (χ2n) is 4.55. The summed E-state index contributed by atoms with van der Waals surface area (Å²) in [5.74, 6) is 0.358. The number of benzene rings is 1. The average molecular weight is 244 g/mol. The Morgan fingerprint density at radius 1 is 1.18 bits per heavy atom. The minimum atomic E-state index is -4.29. The van der Waals surface area contributed by atoms with E-state index >= 15 is 0 Å². The van der Waals surface area contributed by atoms with Crippen molar-refractivity contribution in [1.29, 1.82) is 0 Å². The second kappa shape index (κ2) is 4.13. The molecule has 0 radical (unpaired) electrons. The first-order chi connectivity index (χ1) is 7.88. The van der Waals surface area contributed by atoms with Crippen molar-refractivity contribution in [2.45, 2.75) is 26.1 Å². The van der Waals surface area contributed by atoms with Crippen molar-refractivity contribution >= 4 is 11.4 Å². The molecule has 0 aliphatic carbocycles. The summed E-state index contributed by atoms with van der Waals surface area (Å²) >= 11 is 0. The van der Waals surface area contributed by atoms with Crippen molar-refractivity contribution in [3.05, 3.63) is 23.8 Å². The summed E-state index contributed by atoms with van der Waals surface area (Å²) < 4.78 is 37.7. The molecule has 2 rings (SSSR count). The lowest BCUT2D eigenvalue weighted by molar-refractivity contribution is -0.137. The molecule has 2 atom stereocenters. The topological polar surface area (TPSA) is 24.1 Å². The Kier molecular flexibility index (Phi) is 2.93. The largest absolute Gasteiger partial charge is 0.416 e. The molecule has 1 aromatic carbocycles. The molecule has 2 unspecified atom stereocenters. The molecule has 1 aromatic rings. The van der Waals surface area contributed by atoms with Gasteiger partial charge in [-0.15, -0.1) is 0 Å². The van der Waals surface area contributed by atoms with Crippen LogP contribution in [-0.2, 0) is 6.18 Å². The number of fused-ring (bicyclic) bond motifs is 1. The zero-order valence-corrected chi connectivity index (χ0v) is 9.73. The number of hydrogen-bond acceptors (Lipinski definition) is 2. The highest BCUT2D eigenvalue weighted by Gasteiger charge is 2.31. The number of rotatable bonds is 0. The van der Waals surface area contributed by atoms with E-state index in [2.05, 4.69) is 17.6 Å². The van der Waals surface area contributed by atoms with Crippen LogP contribution in [0.5, 0.6) is 0 Å². The fourth-order valence-electron chi connectivity index (χ4n) is 1.83. The van der Waals surface area contributed by atoms with E-state index in [9.17, 15) is 13.2 Å². The lowest BCUT2D eigenvalue weighted by atomic mass is 10.0. The van der Waals surface area contributed by atoms with E-state index in [1.807, 2.05) is 6.92 Å². The van der Waals surface area contributed by atoms with Gasteiger partial charge in [0.15, 0.2) is 0 Å². The Balaban J connectivity index is 2.35. The number of hydrogen-bond donors (Lipinski definition) is 2. The first-order valence-corrected chi connectivity index (χ1v) is 5.59. The predicted molar refractivity (Wildman–Crippen MR) is 62.2 cm³/mol. The van der Waals surface area contributed by atoms with Crippen molar-refractivity contribution in [3.63, 3.8) is 0 Å². The molecule has 0 fully saturated rings. The molecule has 0 saturated carbocycles. The lowest BCUT2D eigenvalue weighted by Gasteiger charge is -2.18. The van der Waals surface area contributed by atoms with Crippen LogP contribution in [0.15, 0.2) is 18.2 Å². The van der Waals surface area contributed by atoms with Gasteiger partial charge < -0.3 is 10.6 Å². The van der Waals surface area contributed by atoms with Gasteiger partial charge in [-0.1, -0.05) is 6.92 Å². The normalized spacial score (nSPS) is 24.3. The van der Waals surface area contributed by atoms with E-state index in [-0.39, 0.29) is 6.04 Å². The molecular weight excluding hydrogens is 229 g/mol. The van der Waals surface area contributed by atoms with Gasteiger partial charge >= 0.3 is 6.18 Å². The zero-order chi connectivity index (χ0) is 12.6. The molecule has 0 aromatic heterocycles. The molecule has 1 aliphatic rings. The van der Waals surface area contributed by atoms with E-state index in [0.29, 0.717) is 18.2 Å². The van der Waals surface area contributed by atoms with Crippen LogP contribution in [0.1, 0.15) is 19.4 Å². The Labute approximate surface area is 98.2 Å². The van der Waals surface area contributed by atoms with Gasteiger partial charge in [-0.05, 0) is 31.0 Å². The van der Waals surface area contributed by atoms with Gasteiger partial charge in [-0.25, -0.2) is 0 Å². The molecule has 2 N–H and O–H groups in total. The third-order valence-corrected chi connectivity index (χ3v) is 3.20. The van der Waals surface area contributed by atoms with Crippen LogP contribution < -0.4 is 10.6 Å². The summed E-state index contributed by atoms with van der Waals surface area (Å²) in [6.07, 6.45) is -4.29. The average Bonchev–Trinajstić information content (AvgIpc) is 2.38. The highest BCUT2D eigenvalue weighted by Crippen LogP contribution is 2.35. The standard InChI is InChI=1S/C12H15F3N2/c1-7-6-16-11-5-9(12(13,14)15)3-4-10(11)17-8(7)2/h3-5,7-8,16-17H,6H2,1-2H3. The predicted octanol–water partition coefficient (Wildman–Crippen LogP) is 3.57. The first kappa shape index (κ1) is 12.1. The van der Waals surface area contributed by atoms with Crippen molar-refractivity contribution in [2.75, 3.05) is 17.2 Å². The van der Waals surface area contributed by atoms with Crippen LogP contribution >= 0.6 is 0 Å². The molecule has 1 aliphatic heterocycles. The molecule has 5 heteroatoms. The third kappa shape index (κ3) is 2.48. The molecule has 0 amide bonds. The fraction of sp³-hybridized carbons (Fsp3) is 0.500. The fourth-order valence-corrected chi connectivity index (χ4v) is 1.83. The minimum Gasteiger partial charge on any atom is -0.383 e. The smallest absolute Gasteiger partial charge is 0.383 e. The molecule has 0 spiro atoms. The summed E-state index contributed by atoms with van der Waals surface area (Å²) in [6, 6.07) is 3.99. The number of anilines is 2. The third-order valence-electron chi connectivity index (χ3n) is 3.20. The van der Waals surface area contributed by atoms with Gasteiger partial charge in [-0.2, -0.15) is 13.2 Å². The number of halogens is 3. The maximum absolute atomic E-state index is 12.6. The molecule has 0 saturated heterocycles. The lowest BCUT2D eigenvalue weighted by Crippen LogP contribution is -2.25. The van der Waals surface area contributed by atoms with Crippen LogP contribution in [0.2, 0.25) is 0 Å². The minimum absolute atomic E-state index is 0.237. The summed E-state index contributed by atoms with van der Waals surface area (Å²) in [6.45, 7) is 4.75. The van der Waals surface area contributed by atoms with Crippen molar-refractivity contribution in [1.82, 2.24) is 0 Å². The number of alkyl halides is 3. The Morgan fingerprint density at radius 2 is 1.88 bits per heavy atom. The molecule has 17 heavy (non-hydrogen) atoms. The zero-order valence-electron chi connectivity index (χ0n) is 9.73. The van der Waals surface area contributed by atoms with Gasteiger partial charge in [0, 0.05) is 12.6 Å². The molecular formula is C12H15F3N2. The van der Waals surface area contributed by atoms with Crippen LogP contribution in [0.25, 0.3) is 0 Å². The van der Waals surface area contributed by atoms with Crippen LogP contribution in [0.3, 0.4) is 0 Å². The maximum atomic E-state index is 12.6. The van der Waals surface area contributed by atoms with Crippen molar-refractivity contribution in [3.8, 4) is 0 Å². The summed E-state index contributed by atoms with van der Waals surface area (Å²) in [5, 5.41) is 6.28. The van der Waals surface area contributed by atoms with E-state index in [0.717, 1.165) is 17.8 Å². The Hall–Kier alpha value is -1.39. The maximum Gasteiger partial charge on any atom is 0.416 e. The van der Waals surface area contributed by atoms with Crippen molar-refractivity contribution in [2.24, 2.45) is 5.92 Å². The molecule has 0 bridgehead atoms. The van der Waals surface area contributed by atoms with Crippen molar-refractivity contribution < 1.29 is 13.2 Å². The van der Waals surface area contributed by atoms with E-state index < -0.39 is 11.7 Å². The number of nitrogens with one attached hydrogen (secondary N) is 2. The van der Waals surface area contributed by atoms with E-state index in [1.54, 1.807) is 0 Å². The summed E-state index contributed by atoms with van der Waals surface area (Å²) in [5.41, 5.74) is 0.638. The SMILES string of the molecule is CC1CNc2cc(C(F)(F)F)ccc2NC1C. The monoisotopic (exact) mass is 244 g/mol.